The van der Waals surface area contributed by atoms with Gasteiger partial charge in [0.1, 0.15) is 5.82 Å². The first kappa shape index (κ1) is 16.6. The minimum absolute atomic E-state index is 0.0879. The van der Waals surface area contributed by atoms with Crippen molar-refractivity contribution in [3.8, 4) is 11.4 Å². The number of aromatic hydroxyl groups is 1. The molecule has 0 saturated heterocycles. The summed E-state index contributed by atoms with van der Waals surface area (Å²) >= 11 is 0. The van der Waals surface area contributed by atoms with Crippen molar-refractivity contribution in [3.63, 3.8) is 0 Å². The number of nitrogens with zero attached hydrogens (tertiary/aromatic N) is 5. The van der Waals surface area contributed by atoms with Crippen molar-refractivity contribution >= 4 is 5.91 Å². The van der Waals surface area contributed by atoms with Crippen molar-refractivity contribution in [2.45, 2.75) is 13.5 Å². The molecule has 1 amide bonds. The van der Waals surface area contributed by atoms with Gasteiger partial charge in [-0.15, -0.1) is 0 Å². The fourth-order valence-corrected chi connectivity index (χ4v) is 2.42. The van der Waals surface area contributed by atoms with E-state index in [1.165, 1.54) is 40.2 Å². The minimum Gasteiger partial charge on any atom is -0.504 e. The van der Waals surface area contributed by atoms with Crippen molar-refractivity contribution in [3.05, 3.63) is 65.8 Å². The van der Waals surface area contributed by atoms with Gasteiger partial charge in [0.2, 0.25) is 0 Å². The van der Waals surface area contributed by atoms with Crippen LogP contribution in [0.15, 0.2) is 43.0 Å². The molecule has 0 aliphatic carbocycles. The Hall–Kier alpha value is -3.29. The highest BCUT2D eigenvalue weighted by molar-refractivity contribution is 5.94. The number of amides is 1. The van der Waals surface area contributed by atoms with Crippen LogP contribution in [-0.2, 0) is 6.54 Å². The molecule has 3 rings (SSSR count). The highest BCUT2D eigenvalue weighted by Crippen LogP contribution is 2.22. The topological polar surface area (TPSA) is 84.1 Å². The van der Waals surface area contributed by atoms with Crippen LogP contribution in [0.4, 0.5) is 4.39 Å². The quantitative estimate of drug-likeness (QED) is 0.785. The smallest absolute Gasteiger partial charge is 0.278 e. The van der Waals surface area contributed by atoms with E-state index in [1.807, 2.05) is 0 Å². The number of halogens is 1. The second kappa shape index (κ2) is 6.68. The molecule has 0 radical (unpaired) electrons. The van der Waals surface area contributed by atoms with Crippen LogP contribution in [0.5, 0.6) is 5.75 Å². The predicted molar refractivity (Wildman–Crippen MR) is 87.8 cm³/mol. The van der Waals surface area contributed by atoms with Crippen molar-refractivity contribution in [1.29, 1.82) is 0 Å². The highest BCUT2D eigenvalue weighted by atomic mass is 19.1. The first-order valence-corrected chi connectivity index (χ1v) is 7.51. The molecular weight excluding hydrogens is 325 g/mol. The van der Waals surface area contributed by atoms with Gasteiger partial charge in [0, 0.05) is 19.4 Å². The Balaban J connectivity index is 1.85. The first-order valence-electron chi connectivity index (χ1n) is 7.51. The second-order valence-corrected chi connectivity index (χ2v) is 5.60. The van der Waals surface area contributed by atoms with Crippen LogP contribution in [0.25, 0.3) is 5.69 Å². The number of carbonyl (C=O) groups is 1. The van der Waals surface area contributed by atoms with Crippen molar-refractivity contribution in [1.82, 2.24) is 24.6 Å². The fraction of sp³-hybridized carbons (Fsp3) is 0.176. The largest absolute Gasteiger partial charge is 0.504 e. The van der Waals surface area contributed by atoms with E-state index in [0.717, 1.165) is 0 Å². The molecule has 0 bridgehead atoms. The predicted octanol–water partition coefficient (Wildman–Crippen LogP) is 2.09. The SMILES string of the molecule is Cc1cc(F)ccc1-n1cc(O)c(C(=O)N(C)Cc2cnccn2)n1. The standard InChI is InChI=1S/C17H16FN5O2/c1-11-7-12(18)3-4-14(11)23-10-15(24)16(21-23)17(25)22(2)9-13-8-19-5-6-20-13/h3-8,10,24H,9H2,1-2H3. The number of aryl methyl sites for hydroxylation is 1. The Kier molecular flexibility index (Phi) is 4.42. The Morgan fingerprint density at radius 1 is 1.36 bits per heavy atom. The molecule has 128 valence electrons. The van der Waals surface area contributed by atoms with Gasteiger partial charge in [0.05, 0.1) is 30.3 Å². The Morgan fingerprint density at radius 2 is 2.16 bits per heavy atom. The third kappa shape index (κ3) is 3.47. The van der Waals surface area contributed by atoms with E-state index in [4.69, 9.17) is 0 Å². The van der Waals surface area contributed by atoms with Gasteiger partial charge in [-0.3, -0.25) is 14.8 Å². The normalized spacial score (nSPS) is 10.7. The zero-order valence-corrected chi connectivity index (χ0v) is 13.7. The molecule has 3 aromatic rings. The second-order valence-electron chi connectivity index (χ2n) is 5.60. The van der Waals surface area contributed by atoms with Gasteiger partial charge in [-0.1, -0.05) is 0 Å². The van der Waals surface area contributed by atoms with Crippen molar-refractivity contribution in [2.75, 3.05) is 7.05 Å². The van der Waals surface area contributed by atoms with Crippen LogP contribution >= 0.6 is 0 Å². The lowest BCUT2D eigenvalue weighted by Gasteiger charge is -2.15. The van der Waals surface area contributed by atoms with Gasteiger partial charge < -0.3 is 10.0 Å². The molecule has 1 aromatic carbocycles. The van der Waals surface area contributed by atoms with E-state index in [-0.39, 0.29) is 23.8 Å². The highest BCUT2D eigenvalue weighted by Gasteiger charge is 2.21. The van der Waals surface area contributed by atoms with E-state index >= 15 is 0 Å². The molecular formula is C17H16FN5O2. The summed E-state index contributed by atoms with van der Waals surface area (Å²) in [7, 11) is 1.58. The maximum absolute atomic E-state index is 13.2. The lowest BCUT2D eigenvalue weighted by molar-refractivity contribution is 0.0774. The summed E-state index contributed by atoms with van der Waals surface area (Å²) in [4.78, 5) is 22.0. The molecule has 0 atom stereocenters. The van der Waals surface area contributed by atoms with Gasteiger partial charge in [0.15, 0.2) is 11.4 Å². The summed E-state index contributed by atoms with van der Waals surface area (Å²) in [5.41, 5.74) is 1.74. The molecule has 2 heterocycles. The van der Waals surface area contributed by atoms with E-state index in [0.29, 0.717) is 16.9 Å². The average Bonchev–Trinajstić information content (AvgIpc) is 2.96. The Morgan fingerprint density at radius 3 is 2.84 bits per heavy atom. The third-order valence-corrected chi connectivity index (χ3v) is 3.67. The molecule has 2 aromatic heterocycles. The Labute approximate surface area is 143 Å². The molecule has 0 aliphatic rings. The number of rotatable bonds is 4. The fourth-order valence-electron chi connectivity index (χ4n) is 2.42. The molecule has 25 heavy (non-hydrogen) atoms. The van der Waals surface area contributed by atoms with Crippen LogP contribution in [-0.4, -0.2) is 42.7 Å². The van der Waals surface area contributed by atoms with Gasteiger partial charge in [-0.2, -0.15) is 5.10 Å². The summed E-state index contributed by atoms with van der Waals surface area (Å²) < 4.78 is 14.6. The molecule has 0 spiro atoms. The molecule has 0 aliphatic heterocycles. The maximum Gasteiger partial charge on any atom is 0.278 e. The van der Waals surface area contributed by atoms with Crippen LogP contribution in [0.2, 0.25) is 0 Å². The van der Waals surface area contributed by atoms with E-state index in [9.17, 15) is 14.3 Å². The lowest BCUT2D eigenvalue weighted by atomic mass is 10.2. The Bertz CT molecular complexity index is 911. The van der Waals surface area contributed by atoms with Crippen LogP contribution in [0, 0.1) is 12.7 Å². The van der Waals surface area contributed by atoms with Crippen molar-refractivity contribution in [2.24, 2.45) is 0 Å². The summed E-state index contributed by atoms with van der Waals surface area (Å²) in [6.45, 7) is 1.95. The maximum atomic E-state index is 13.2. The average molecular weight is 341 g/mol. The summed E-state index contributed by atoms with van der Waals surface area (Å²) in [6.07, 6.45) is 5.97. The minimum atomic E-state index is -0.457. The summed E-state index contributed by atoms with van der Waals surface area (Å²) in [6, 6.07) is 4.19. The van der Waals surface area contributed by atoms with Crippen molar-refractivity contribution < 1.29 is 14.3 Å². The molecule has 0 unspecified atom stereocenters. The monoisotopic (exact) mass is 341 g/mol. The molecule has 0 fully saturated rings. The molecule has 8 heteroatoms. The summed E-state index contributed by atoms with van der Waals surface area (Å²) in [5.74, 6) is -1.07. The zero-order valence-electron chi connectivity index (χ0n) is 13.7. The van der Waals surface area contributed by atoms with Crippen LogP contribution in [0.3, 0.4) is 0 Å². The zero-order chi connectivity index (χ0) is 18.0. The van der Waals surface area contributed by atoms with Gasteiger partial charge in [-0.05, 0) is 30.7 Å². The number of hydrogen-bond acceptors (Lipinski definition) is 5. The summed E-state index contributed by atoms with van der Waals surface area (Å²) in [5, 5.41) is 14.2. The molecule has 7 nitrogen and oxygen atoms in total. The van der Waals surface area contributed by atoms with Crippen LogP contribution < -0.4 is 0 Å². The lowest BCUT2D eigenvalue weighted by Crippen LogP contribution is -2.27. The molecule has 0 saturated carbocycles. The number of benzene rings is 1. The van der Waals surface area contributed by atoms with Gasteiger partial charge in [0.25, 0.3) is 5.91 Å². The van der Waals surface area contributed by atoms with E-state index < -0.39 is 5.91 Å². The molecule has 1 N–H and O–H groups in total. The number of carbonyl (C=O) groups excluding carboxylic acids is 1. The van der Waals surface area contributed by atoms with E-state index in [1.54, 1.807) is 26.4 Å². The van der Waals surface area contributed by atoms with E-state index in [2.05, 4.69) is 15.1 Å². The van der Waals surface area contributed by atoms with Gasteiger partial charge >= 0.3 is 0 Å². The number of aromatic nitrogens is 4. The van der Waals surface area contributed by atoms with Gasteiger partial charge in [-0.25, -0.2) is 9.07 Å². The third-order valence-electron chi connectivity index (χ3n) is 3.67. The first-order chi connectivity index (χ1) is 12.0. The number of hydrogen-bond donors (Lipinski definition) is 1. The van der Waals surface area contributed by atoms with Crippen LogP contribution in [0.1, 0.15) is 21.7 Å².